The molecule has 2 nitrogen and oxygen atoms in total. The van der Waals surface area contributed by atoms with Crippen LogP contribution in [0.1, 0.15) is 22.6 Å². The lowest BCUT2D eigenvalue weighted by Gasteiger charge is -2.18. The number of para-hydroxylation sites is 1. The van der Waals surface area contributed by atoms with Crippen molar-refractivity contribution in [2.24, 2.45) is 5.73 Å². The van der Waals surface area contributed by atoms with E-state index in [9.17, 15) is 13.2 Å². The van der Waals surface area contributed by atoms with E-state index in [1.807, 2.05) is 31.2 Å². The molecule has 1 unspecified atom stereocenters. The van der Waals surface area contributed by atoms with Crippen molar-refractivity contribution in [2.45, 2.75) is 19.0 Å². The number of nitrogens with two attached hydrogens (primary N) is 1. The molecule has 0 spiro atoms. The highest BCUT2D eigenvalue weighted by Crippen LogP contribution is 2.31. The van der Waals surface area contributed by atoms with Crippen LogP contribution in [0, 0.1) is 6.92 Å². The van der Waals surface area contributed by atoms with Gasteiger partial charge >= 0.3 is 6.18 Å². The molecular weight excluding hydrogens is 291 g/mol. The van der Waals surface area contributed by atoms with E-state index in [4.69, 9.17) is 10.5 Å². The Hall–Kier alpha value is -2.01. The molecule has 0 amide bonds. The number of halogens is 3. The van der Waals surface area contributed by atoms with Crippen LogP contribution in [-0.4, -0.2) is 13.2 Å². The van der Waals surface area contributed by atoms with Gasteiger partial charge in [-0.3, -0.25) is 0 Å². The van der Waals surface area contributed by atoms with E-state index in [1.54, 1.807) is 6.07 Å². The van der Waals surface area contributed by atoms with Gasteiger partial charge in [0.05, 0.1) is 12.2 Å². The van der Waals surface area contributed by atoms with Crippen molar-refractivity contribution in [2.75, 3.05) is 13.2 Å². The lowest BCUT2D eigenvalue weighted by molar-refractivity contribution is -0.137. The average molecular weight is 309 g/mol. The van der Waals surface area contributed by atoms with Crippen LogP contribution >= 0.6 is 0 Å². The van der Waals surface area contributed by atoms with E-state index in [0.29, 0.717) is 11.3 Å². The van der Waals surface area contributed by atoms with Crippen LogP contribution in [0.4, 0.5) is 13.2 Å². The number of alkyl halides is 3. The Morgan fingerprint density at radius 3 is 2.45 bits per heavy atom. The van der Waals surface area contributed by atoms with Crippen molar-refractivity contribution < 1.29 is 17.9 Å². The lowest BCUT2D eigenvalue weighted by atomic mass is 9.98. The van der Waals surface area contributed by atoms with Crippen molar-refractivity contribution >= 4 is 0 Å². The molecule has 0 fully saturated rings. The molecule has 2 aromatic carbocycles. The lowest BCUT2D eigenvalue weighted by Crippen LogP contribution is -2.20. The predicted octanol–water partition coefficient (Wildman–Crippen LogP) is 4.14. The van der Waals surface area contributed by atoms with Gasteiger partial charge in [0, 0.05) is 12.5 Å². The van der Waals surface area contributed by atoms with Crippen molar-refractivity contribution in [1.29, 1.82) is 0 Å². The van der Waals surface area contributed by atoms with E-state index >= 15 is 0 Å². The summed E-state index contributed by atoms with van der Waals surface area (Å²) in [6, 6.07) is 12.7. The Labute approximate surface area is 127 Å². The summed E-state index contributed by atoms with van der Waals surface area (Å²) in [6.45, 7) is 2.37. The van der Waals surface area contributed by atoms with E-state index < -0.39 is 11.7 Å². The predicted molar refractivity (Wildman–Crippen MR) is 79.9 cm³/mol. The zero-order valence-electron chi connectivity index (χ0n) is 12.2. The number of benzene rings is 2. The first-order chi connectivity index (χ1) is 10.4. The molecule has 0 radical (unpaired) electrons. The first kappa shape index (κ1) is 16.4. The maximum absolute atomic E-state index is 12.8. The molecule has 2 N–H and O–H groups in total. The van der Waals surface area contributed by atoms with Gasteiger partial charge in [0.1, 0.15) is 5.75 Å². The van der Waals surface area contributed by atoms with Crippen molar-refractivity contribution in [3.8, 4) is 5.75 Å². The third-order valence-corrected chi connectivity index (χ3v) is 3.50. The van der Waals surface area contributed by atoms with Gasteiger partial charge in [-0.05, 0) is 30.2 Å². The fraction of sp³-hybridized carbons (Fsp3) is 0.294. The van der Waals surface area contributed by atoms with Gasteiger partial charge in [-0.25, -0.2) is 0 Å². The first-order valence-electron chi connectivity index (χ1n) is 6.97. The van der Waals surface area contributed by atoms with Crippen LogP contribution in [0.25, 0.3) is 0 Å². The highest BCUT2D eigenvalue weighted by atomic mass is 19.4. The van der Waals surface area contributed by atoms with Crippen molar-refractivity contribution in [3.63, 3.8) is 0 Å². The van der Waals surface area contributed by atoms with Crippen molar-refractivity contribution in [1.82, 2.24) is 0 Å². The summed E-state index contributed by atoms with van der Waals surface area (Å²) in [6.07, 6.45) is -4.36. The SMILES string of the molecule is Cc1ccccc1OCC(CN)c1cccc(C(F)(F)F)c1. The molecular formula is C17H18F3NO. The molecule has 22 heavy (non-hydrogen) atoms. The van der Waals surface area contributed by atoms with Crippen LogP contribution in [0.2, 0.25) is 0 Å². The zero-order chi connectivity index (χ0) is 16.2. The average Bonchev–Trinajstić information content (AvgIpc) is 2.49. The highest BCUT2D eigenvalue weighted by Gasteiger charge is 2.30. The van der Waals surface area contributed by atoms with Crippen LogP contribution in [-0.2, 0) is 6.18 Å². The molecule has 5 heteroatoms. The molecule has 0 saturated carbocycles. The first-order valence-corrected chi connectivity index (χ1v) is 6.97. The summed E-state index contributed by atoms with van der Waals surface area (Å²) in [5, 5.41) is 0. The molecule has 0 aliphatic rings. The maximum atomic E-state index is 12.8. The fourth-order valence-electron chi connectivity index (χ4n) is 2.18. The molecule has 0 aliphatic carbocycles. The fourth-order valence-corrected chi connectivity index (χ4v) is 2.18. The maximum Gasteiger partial charge on any atom is 0.416 e. The number of rotatable bonds is 5. The van der Waals surface area contributed by atoms with Crippen LogP contribution < -0.4 is 10.5 Å². The number of hydrogen-bond acceptors (Lipinski definition) is 2. The molecule has 0 heterocycles. The van der Waals surface area contributed by atoms with Crippen LogP contribution in [0.5, 0.6) is 5.75 Å². The third kappa shape index (κ3) is 4.01. The van der Waals surface area contributed by atoms with E-state index in [2.05, 4.69) is 0 Å². The Morgan fingerprint density at radius 1 is 1.09 bits per heavy atom. The smallest absolute Gasteiger partial charge is 0.416 e. The Morgan fingerprint density at radius 2 is 1.82 bits per heavy atom. The van der Waals surface area contributed by atoms with Gasteiger partial charge in [-0.15, -0.1) is 0 Å². The summed E-state index contributed by atoms with van der Waals surface area (Å²) in [5.41, 5.74) is 6.55. The monoisotopic (exact) mass is 309 g/mol. The van der Waals surface area contributed by atoms with Gasteiger partial charge in [-0.2, -0.15) is 13.2 Å². The molecule has 2 aromatic rings. The Bertz CT molecular complexity index is 625. The topological polar surface area (TPSA) is 35.2 Å². The second-order valence-corrected chi connectivity index (χ2v) is 5.13. The third-order valence-electron chi connectivity index (χ3n) is 3.50. The molecule has 2 rings (SSSR count). The normalized spacial score (nSPS) is 13.0. The minimum Gasteiger partial charge on any atom is -0.493 e. The second-order valence-electron chi connectivity index (χ2n) is 5.13. The van der Waals surface area contributed by atoms with Gasteiger partial charge in [0.15, 0.2) is 0 Å². The van der Waals surface area contributed by atoms with E-state index in [1.165, 1.54) is 6.07 Å². The molecule has 0 bridgehead atoms. The zero-order valence-corrected chi connectivity index (χ0v) is 12.2. The minimum absolute atomic E-state index is 0.215. The summed E-state index contributed by atoms with van der Waals surface area (Å²) < 4.78 is 44.0. The van der Waals surface area contributed by atoms with Crippen LogP contribution in [0.3, 0.4) is 0 Å². The van der Waals surface area contributed by atoms with E-state index in [0.717, 1.165) is 17.7 Å². The highest BCUT2D eigenvalue weighted by molar-refractivity contribution is 5.32. The Balaban J connectivity index is 2.14. The van der Waals surface area contributed by atoms with Gasteiger partial charge in [-0.1, -0.05) is 36.4 Å². The number of ether oxygens (including phenoxy) is 1. The number of aryl methyl sites for hydroxylation is 1. The van der Waals surface area contributed by atoms with Gasteiger partial charge in [0.25, 0.3) is 0 Å². The standard InChI is InChI=1S/C17H18F3NO/c1-12-5-2-3-8-16(12)22-11-14(10-21)13-6-4-7-15(9-13)17(18,19)20/h2-9,14H,10-11,21H2,1H3. The minimum atomic E-state index is -4.36. The quantitative estimate of drug-likeness (QED) is 0.901. The number of hydrogen-bond donors (Lipinski definition) is 1. The summed E-state index contributed by atoms with van der Waals surface area (Å²) in [4.78, 5) is 0. The second kappa shape index (κ2) is 6.83. The van der Waals surface area contributed by atoms with Gasteiger partial charge < -0.3 is 10.5 Å². The Kier molecular flexibility index (Phi) is 5.08. The van der Waals surface area contributed by atoms with Crippen LogP contribution in [0.15, 0.2) is 48.5 Å². The molecule has 0 saturated heterocycles. The molecule has 0 aliphatic heterocycles. The van der Waals surface area contributed by atoms with Gasteiger partial charge in [0.2, 0.25) is 0 Å². The largest absolute Gasteiger partial charge is 0.493 e. The summed E-state index contributed by atoms with van der Waals surface area (Å²) in [7, 11) is 0. The molecule has 118 valence electrons. The summed E-state index contributed by atoms with van der Waals surface area (Å²) >= 11 is 0. The van der Waals surface area contributed by atoms with Crippen molar-refractivity contribution in [3.05, 3.63) is 65.2 Å². The molecule has 0 aromatic heterocycles. The summed E-state index contributed by atoms with van der Waals surface area (Å²) in [5.74, 6) is 0.426. The van der Waals surface area contributed by atoms with E-state index in [-0.39, 0.29) is 19.1 Å². The molecule has 1 atom stereocenters.